The van der Waals surface area contributed by atoms with E-state index in [2.05, 4.69) is 0 Å². The van der Waals surface area contributed by atoms with Crippen LogP contribution in [0.1, 0.15) is 11.3 Å². The third kappa shape index (κ3) is 4.59. The molecule has 1 aromatic carbocycles. The number of furan rings is 1. The van der Waals surface area contributed by atoms with Gasteiger partial charge < -0.3 is 13.9 Å². The van der Waals surface area contributed by atoms with E-state index in [-0.39, 0.29) is 12.4 Å². The van der Waals surface area contributed by atoms with Gasteiger partial charge in [0.15, 0.2) is 15.3 Å². The average Bonchev–Trinajstić information content (AvgIpc) is 2.89. The molecule has 2 rings (SSSR count). The highest BCUT2D eigenvalue weighted by molar-refractivity contribution is 14.1. The Kier molecular flexibility index (Phi) is 5.38. The number of carbonyl (C=O) groups excluding carboxylic acids is 1. The highest BCUT2D eigenvalue weighted by atomic mass is 127. The van der Waals surface area contributed by atoms with Crippen LogP contribution in [-0.4, -0.2) is 13.1 Å². The summed E-state index contributed by atoms with van der Waals surface area (Å²) in [5, 5.41) is 0. The lowest BCUT2D eigenvalue weighted by atomic mass is 10.2. The summed E-state index contributed by atoms with van der Waals surface area (Å²) in [5.41, 5.74) is 0.544. The van der Waals surface area contributed by atoms with E-state index in [1.54, 1.807) is 18.2 Å². The van der Waals surface area contributed by atoms with Crippen molar-refractivity contribution in [3.8, 4) is 5.75 Å². The van der Waals surface area contributed by atoms with E-state index in [4.69, 9.17) is 13.9 Å². The number of ether oxygens (including phenoxy) is 2. The van der Waals surface area contributed by atoms with Crippen molar-refractivity contribution in [3.05, 3.63) is 57.3 Å². The Morgan fingerprint density at radius 1 is 1.38 bits per heavy atom. The summed E-state index contributed by atoms with van der Waals surface area (Å²) < 4.78 is 29.3. The predicted octanol–water partition coefficient (Wildman–Crippen LogP) is 3.79. The SMILES string of the molecule is COc1ccc(COC(=O)/C=C/c2ccc(I)o2)cc1F. The summed E-state index contributed by atoms with van der Waals surface area (Å²) in [4.78, 5) is 11.5. The van der Waals surface area contributed by atoms with E-state index < -0.39 is 11.8 Å². The molecule has 2 aromatic rings. The number of hydrogen-bond donors (Lipinski definition) is 0. The molecule has 21 heavy (non-hydrogen) atoms. The van der Waals surface area contributed by atoms with Gasteiger partial charge in [0.05, 0.1) is 7.11 Å². The molecule has 110 valence electrons. The van der Waals surface area contributed by atoms with Crippen LogP contribution < -0.4 is 4.74 Å². The van der Waals surface area contributed by atoms with E-state index in [0.717, 1.165) is 3.77 Å². The molecule has 0 bridgehead atoms. The van der Waals surface area contributed by atoms with E-state index in [1.165, 1.54) is 31.4 Å². The third-order valence-electron chi connectivity index (χ3n) is 2.57. The van der Waals surface area contributed by atoms with Crippen LogP contribution in [0.2, 0.25) is 0 Å². The number of methoxy groups -OCH3 is 1. The van der Waals surface area contributed by atoms with Crippen LogP contribution >= 0.6 is 22.6 Å². The summed E-state index contributed by atoms with van der Waals surface area (Å²) in [7, 11) is 1.39. The number of hydrogen-bond acceptors (Lipinski definition) is 4. The Labute approximate surface area is 134 Å². The molecule has 0 saturated heterocycles. The predicted molar refractivity (Wildman–Crippen MR) is 83.2 cm³/mol. The number of esters is 1. The van der Waals surface area contributed by atoms with Crippen LogP contribution in [0.5, 0.6) is 5.75 Å². The van der Waals surface area contributed by atoms with E-state index in [9.17, 15) is 9.18 Å². The molecule has 4 nitrogen and oxygen atoms in total. The second kappa shape index (κ2) is 7.26. The van der Waals surface area contributed by atoms with Crippen molar-refractivity contribution in [2.75, 3.05) is 7.11 Å². The zero-order valence-corrected chi connectivity index (χ0v) is 13.3. The van der Waals surface area contributed by atoms with Crippen LogP contribution in [0.15, 0.2) is 40.8 Å². The monoisotopic (exact) mass is 402 g/mol. The lowest BCUT2D eigenvalue weighted by molar-refractivity contribution is -0.138. The Balaban J connectivity index is 1.89. The first kappa shape index (κ1) is 15.6. The van der Waals surface area contributed by atoms with Crippen LogP contribution in [0, 0.1) is 9.58 Å². The molecule has 0 saturated carbocycles. The van der Waals surface area contributed by atoms with Gasteiger partial charge in [-0.05, 0) is 58.5 Å². The lowest BCUT2D eigenvalue weighted by Crippen LogP contribution is -2.01. The normalized spacial score (nSPS) is 10.8. The fraction of sp³-hybridized carbons (Fsp3) is 0.133. The highest BCUT2D eigenvalue weighted by Gasteiger charge is 2.05. The van der Waals surface area contributed by atoms with Crippen molar-refractivity contribution in [1.82, 2.24) is 0 Å². The highest BCUT2D eigenvalue weighted by Crippen LogP contribution is 2.18. The molecule has 0 aliphatic carbocycles. The van der Waals surface area contributed by atoms with Gasteiger partial charge in [-0.3, -0.25) is 0 Å². The molecule has 1 aromatic heterocycles. The van der Waals surface area contributed by atoms with E-state index >= 15 is 0 Å². The van der Waals surface area contributed by atoms with Crippen LogP contribution in [0.25, 0.3) is 6.08 Å². The summed E-state index contributed by atoms with van der Waals surface area (Å²) in [6.07, 6.45) is 2.77. The maximum atomic E-state index is 13.5. The molecule has 0 N–H and O–H groups in total. The fourth-order valence-corrected chi connectivity index (χ4v) is 2.00. The zero-order valence-electron chi connectivity index (χ0n) is 11.1. The minimum Gasteiger partial charge on any atom is -0.494 e. The minimum absolute atomic E-state index is 0.0141. The maximum absolute atomic E-state index is 13.5. The van der Waals surface area contributed by atoms with Gasteiger partial charge in [0.25, 0.3) is 0 Å². The Morgan fingerprint density at radius 2 is 2.19 bits per heavy atom. The molecule has 0 amide bonds. The van der Waals surface area contributed by atoms with E-state index in [1.807, 2.05) is 22.6 Å². The second-order valence-electron chi connectivity index (χ2n) is 4.05. The van der Waals surface area contributed by atoms with Crippen LogP contribution in [-0.2, 0) is 16.1 Å². The molecule has 0 aliphatic heterocycles. The van der Waals surface area contributed by atoms with Gasteiger partial charge in [-0.25, -0.2) is 9.18 Å². The standard InChI is InChI=1S/C15H12FIO4/c1-19-13-5-2-10(8-12(13)16)9-20-15(18)7-4-11-3-6-14(17)21-11/h2-8H,9H2,1H3/b7-4+. The summed E-state index contributed by atoms with van der Waals surface area (Å²) in [6.45, 7) is -0.0141. The van der Waals surface area contributed by atoms with Crippen LogP contribution in [0.3, 0.4) is 0 Å². The summed E-state index contributed by atoms with van der Waals surface area (Å²) in [5.74, 6) is -0.311. The van der Waals surface area contributed by atoms with Gasteiger partial charge in [0, 0.05) is 6.08 Å². The van der Waals surface area contributed by atoms with Gasteiger partial charge in [0.2, 0.25) is 0 Å². The number of benzene rings is 1. The fourth-order valence-electron chi connectivity index (χ4n) is 1.57. The number of carbonyl (C=O) groups is 1. The van der Waals surface area contributed by atoms with Crippen molar-refractivity contribution in [2.24, 2.45) is 0 Å². The van der Waals surface area contributed by atoms with Gasteiger partial charge in [-0.15, -0.1) is 0 Å². The first-order valence-corrected chi connectivity index (χ1v) is 7.09. The van der Waals surface area contributed by atoms with Crippen molar-refractivity contribution in [3.63, 3.8) is 0 Å². The largest absolute Gasteiger partial charge is 0.494 e. The molecule has 0 spiro atoms. The molecule has 0 unspecified atom stereocenters. The molecular formula is C15H12FIO4. The molecular weight excluding hydrogens is 390 g/mol. The topological polar surface area (TPSA) is 48.7 Å². The molecule has 0 atom stereocenters. The smallest absolute Gasteiger partial charge is 0.331 e. The second-order valence-corrected chi connectivity index (χ2v) is 5.12. The molecule has 0 aliphatic rings. The van der Waals surface area contributed by atoms with Gasteiger partial charge in [-0.1, -0.05) is 6.07 Å². The Morgan fingerprint density at radius 3 is 2.81 bits per heavy atom. The summed E-state index contributed by atoms with van der Waals surface area (Å²) >= 11 is 2.03. The number of rotatable bonds is 5. The van der Waals surface area contributed by atoms with Gasteiger partial charge >= 0.3 is 5.97 Å². The van der Waals surface area contributed by atoms with Crippen molar-refractivity contribution in [2.45, 2.75) is 6.61 Å². The maximum Gasteiger partial charge on any atom is 0.331 e. The first-order valence-electron chi connectivity index (χ1n) is 6.01. The van der Waals surface area contributed by atoms with Crippen LogP contribution in [0.4, 0.5) is 4.39 Å². The quantitative estimate of drug-likeness (QED) is 0.434. The van der Waals surface area contributed by atoms with Crippen molar-refractivity contribution >= 4 is 34.6 Å². The first-order chi connectivity index (χ1) is 10.1. The lowest BCUT2D eigenvalue weighted by Gasteiger charge is -2.05. The molecule has 0 radical (unpaired) electrons. The molecule has 6 heteroatoms. The van der Waals surface area contributed by atoms with Crippen molar-refractivity contribution < 1.29 is 23.1 Å². The zero-order chi connectivity index (χ0) is 15.2. The van der Waals surface area contributed by atoms with Gasteiger partial charge in [-0.2, -0.15) is 0 Å². The Bertz CT molecular complexity index is 663. The van der Waals surface area contributed by atoms with Gasteiger partial charge in [0.1, 0.15) is 12.4 Å². The van der Waals surface area contributed by atoms with Crippen molar-refractivity contribution in [1.29, 1.82) is 0 Å². The third-order valence-corrected chi connectivity index (χ3v) is 3.15. The molecule has 0 fully saturated rings. The summed E-state index contributed by atoms with van der Waals surface area (Å²) in [6, 6.07) is 7.91. The minimum atomic E-state index is -0.530. The molecule has 1 heterocycles. The average molecular weight is 402 g/mol. The Hall–Kier alpha value is -1.83. The number of halogens is 2. The van der Waals surface area contributed by atoms with E-state index in [0.29, 0.717) is 11.3 Å².